The first-order valence-corrected chi connectivity index (χ1v) is 9.21. The van der Waals surface area contributed by atoms with Gasteiger partial charge < -0.3 is 15.8 Å². The zero-order valence-electron chi connectivity index (χ0n) is 14.5. The molecule has 1 aromatic rings. The monoisotopic (exact) mass is 330 g/mol. The van der Waals surface area contributed by atoms with Crippen LogP contribution in [-0.4, -0.2) is 49.7 Å². The fourth-order valence-electron chi connectivity index (χ4n) is 3.59. The van der Waals surface area contributed by atoms with Crippen LogP contribution in [0.25, 0.3) is 0 Å². The van der Waals surface area contributed by atoms with Crippen LogP contribution in [0.2, 0.25) is 0 Å². The van der Waals surface area contributed by atoms with Crippen molar-refractivity contribution >= 4 is 5.96 Å². The Morgan fingerprint density at radius 1 is 1.25 bits per heavy atom. The van der Waals surface area contributed by atoms with Crippen LogP contribution in [0.3, 0.4) is 0 Å². The molecule has 2 unspecified atom stereocenters. The molecule has 2 aliphatic heterocycles. The largest absolute Gasteiger partial charge is 0.376 e. The van der Waals surface area contributed by atoms with Gasteiger partial charge in [-0.05, 0) is 43.7 Å². The molecule has 2 aliphatic rings. The summed E-state index contributed by atoms with van der Waals surface area (Å²) < 4.78 is 5.59. The van der Waals surface area contributed by atoms with Gasteiger partial charge in [0.05, 0.1) is 6.10 Å². The molecule has 132 valence electrons. The fourth-order valence-corrected chi connectivity index (χ4v) is 3.59. The van der Waals surface area contributed by atoms with E-state index in [1.54, 1.807) is 0 Å². The lowest BCUT2D eigenvalue weighted by atomic mass is 9.98. The summed E-state index contributed by atoms with van der Waals surface area (Å²) in [7, 11) is 0. The summed E-state index contributed by atoms with van der Waals surface area (Å²) in [5, 5.41) is 3.20. The number of aliphatic imine (C=N–C) groups is 1. The minimum Gasteiger partial charge on any atom is -0.376 e. The molecule has 0 spiro atoms. The molecule has 0 amide bonds. The normalized spacial score (nSPS) is 25.8. The van der Waals surface area contributed by atoms with E-state index in [-0.39, 0.29) is 0 Å². The van der Waals surface area contributed by atoms with Gasteiger partial charge in [-0.15, -0.1) is 0 Å². The van der Waals surface area contributed by atoms with Gasteiger partial charge in [-0.2, -0.15) is 0 Å². The third-order valence-corrected chi connectivity index (χ3v) is 4.91. The van der Waals surface area contributed by atoms with Crippen molar-refractivity contribution in [2.24, 2.45) is 16.6 Å². The molecule has 5 heteroatoms. The van der Waals surface area contributed by atoms with Crippen LogP contribution in [0.5, 0.6) is 0 Å². The standard InChI is InChI=1S/C19H30N4O/c20-19(22-13-18-9-5-11-24-18)21-12-17-8-4-10-23(15-17)14-16-6-2-1-3-7-16/h1-3,6-7,17-18H,4-5,8-15H2,(H3,20,21,22). The van der Waals surface area contributed by atoms with Crippen molar-refractivity contribution in [2.45, 2.75) is 38.3 Å². The number of ether oxygens (including phenoxy) is 1. The summed E-state index contributed by atoms with van der Waals surface area (Å²) in [6, 6.07) is 10.7. The van der Waals surface area contributed by atoms with E-state index in [2.05, 4.69) is 45.5 Å². The highest BCUT2D eigenvalue weighted by atomic mass is 16.5. The highest BCUT2D eigenvalue weighted by Gasteiger charge is 2.20. The Hall–Kier alpha value is -1.59. The number of rotatable bonds is 6. The number of nitrogens with zero attached hydrogens (tertiary/aromatic N) is 2. The molecule has 24 heavy (non-hydrogen) atoms. The summed E-state index contributed by atoms with van der Waals surface area (Å²) >= 11 is 0. The van der Waals surface area contributed by atoms with Gasteiger partial charge in [0.25, 0.3) is 0 Å². The van der Waals surface area contributed by atoms with E-state index in [1.807, 2.05) is 0 Å². The number of piperidine rings is 1. The molecule has 0 aromatic heterocycles. The molecule has 3 N–H and O–H groups in total. The number of likely N-dealkylation sites (tertiary alicyclic amines) is 1. The van der Waals surface area contributed by atoms with Gasteiger partial charge >= 0.3 is 0 Å². The van der Waals surface area contributed by atoms with E-state index in [1.165, 1.54) is 24.9 Å². The average molecular weight is 330 g/mol. The Bertz CT molecular complexity index is 513. The van der Waals surface area contributed by atoms with E-state index in [0.717, 1.165) is 45.6 Å². The molecule has 5 nitrogen and oxygen atoms in total. The Kier molecular flexibility index (Phi) is 6.49. The second-order valence-electron chi connectivity index (χ2n) is 6.97. The van der Waals surface area contributed by atoms with Gasteiger partial charge in [0.1, 0.15) is 0 Å². The number of nitrogens with two attached hydrogens (primary N) is 1. The minimum absolute atomic E-state index is 0.301. The first-order chi connectivity index (χ1) is 11.8. The van der Waals surface area contributed by atoms with Crippen molar-refractivity contribution in [2.75, 3.05) is 32.8 Å². The van der Waals surface area contributed by atoms with E-state index >= 15 is 0 Å². The zero-order chi connectivity index (χ0) is 16.6. The first kappa shape index (κ1) is 17.2. The molecule has 3 rings (SSSR count). The molecule has 2 fully saturated rings. The second kappa shape index (κ2) is 9.04. The molecular weight excluding hydrogens is 300 g/mol. The predicted molar refractivity (Wildman–Crippen MR) is 97.9 cm³/mol. The van der Waals surface area contributed by atoms with Crippen LogP contribution in [0.15, 0.2) is 35.3 Å². The molecule has 1 aromatic carbocycles. The van der Waals surface area contributed by atoms with Crippen molar-refractivity contribution in [3.8, 4) is 0 Å². The lowest BCUT2D eigenvalue weighted by Gasteiger charge is -2.32. The number of hydrogen-bond donors (Lipinski definition) is 2. The van der Waals surface area contributed by atoms with Gasteiger partial charge in [-0.3, -0.25) is 9.89 Å². The van der Waals surface area contributed by atoms with E-state index < -0.39 is 0 Å². The highest BCUT2D eigenvalue weighted by Crippen LogP contribution is 2.19. The van der Waals surface area contributed by atoms with Crippen molar-refractivity contribution < 1.29 is 4.74 Å². The molecular formula is C19H30N4O. The molecule has 0 radical (unpaired) electrons. The first-order valence-electron chi connectivity index (χ1n) is 9.21. The second-order valence-corrected chi connectivity index (χ2v) is 6.97. The molecule has 0 saturated carbocycles. The summed E-state index contributed by atoms with van der Waals surface area (Å²) in [5.74, 6) is 1.16. The molecule has 2 atom stereocenters. The third kappa shape index (κ3) is 5.49. The number of hydrogen-bond acceptors (Lipinski definition) is 3. The molecule has 2 heterocycles. The van der Waals surface area contributed by atoms with Crippen LogP contribution in [0, 0.1) is 5.92 Å². The molecule has 0 bridgehead atoms. The quantitative estimate of drug-likeness (QED) is 0.618. The lowest BCUT2D eigenvalue weighted by Crippen LogP contribution is -2.39. The fraction of sp³-hybridized carbons (Fsp3) is 0.632. The molecule has 0 aliphatic carbocycles. The van der Waals surface area contributed by atoms with E-state index in [9.17, 15) is 0 Å². The van der Waals surface area contributed by atoms with Crippen LogP contribution < -0.4 is 11.1 Å². The predicted octanol–water partition coefficient (Wildman–Crippen LogP) is 1.98. The van der Waals surface area contributed by atoms with Crippen molar-refractivity contribution in [3.63, 3.8) is 0 Å². The lowest BCUT2D eigenvalue weighted by molar-refractivity contribution is 0.114. The van der Waals surface area contributed by atoms with E-state index in [0.29, 0.717) is 18.0 Å². The molecule has 2 saturated heterocycles. The van der Waals surface area contributed by atoms with Crippen LogP contribution in [0.1, 0.15) is 31.2 Å². The van der Waals surface area contributed by atoms with Crippen molar-refractivity contribution in [1.82, 2.24) is 10.2 Å². The number of nitrogens with one attached hydrogen (secondary N) is 1. The summed E-state index contributed by atoms with van der Waals surface area (Å²) in [5.41, 5.74) is 7.39. The van der Waals surface area contributed by atoms with Gasteiger partial charge in [-0.25, -0.2) is 0 Å². The summed E-state index contributed by atoms with van der Waals surface area (Å²) in [6.45, 7) is 5.80. The maximum absolute atomic E-state index is 6.00. The smallest absolute Gasteiger partial charge is 0.188 e. The van der Waals surface area contributed by atoms with E-state index in [4.69, 9.17) is 10.5 Å². The summed E-state index contributed by atoms with van der Waals surface area (Å²) in [6.07, 6.45) is 5.07. The summed E-state index contributed by atoms with van der Waals surface area (Å²) in [4.78, 5) is 7.09. The highest BCUT2D eigenvalue weighted by molar-refractivity contribution is 5.77. The Labute approximate surface area is 145 Å². The third-order valence-electron chi connectivity index (χ3n) is 4.91. The van der Waals surface area contributed by atoms with Gasteiger partial charge in [0.2, 0.25) is 0 Å². The minimum atomic E-state index is 0.301. The Balaban J connectivity index is 1.40. The SMILES string of the molecule is NC(=NCC1CCCN(Cc2ccccc2)C1)NCC1CCCO1. The van der Waals surface area contributed by atoms with Crippen molar-refractivity contribution in [1.29, 1.82) is 0 Å². The zero-order valence-corrected chi connectivity index (χ0v) is 14.5. The maximum Gasteiger partial charge on any atom is 0.188 e. The van der Waals surface area contributed by atoms with Gasteiger partial charge in [0, 0.05) is 32.8 Å². The Morgan fingerprint density at radius 3 is 2.92 bits per heavy atom. The number of guanidine groups is 1. The van der Waals surface area contributed by atoms with Gasteiger partial charge in [0.15, 0.2) is 5.96 Å². The van der Waals surface area contributed by atoms with Gasteiger partial charge in [-0.1, -0.05) is 30.3 Å². The van der Waals surface area contributed by atoms with Crippen LogP contribution in [0.4, 0.5) is 0 Å². The average Bonchev–Trinajstić information content (AvgIpc) is 3.13. The Morgan fingerprint density at radius 2 is 2.12 bits per heavy atom. The van der Waals surface area contributed by atoms with Crippen molar-refractivity contribution in [3.05, 3.63) is 35.9 Å². The number of benzene rings is 1. The maximum atomic E-state index is 6.00. The topological polar surface area (TPSA) is 62.9 Å². The van der Waals surface area contributed by atoms with Crippen LogP contribution in [-0.2, 0) is 11.3 Å². The van der Waals surface area contributed by atoms with Crippen LogP contribution >= 0.6 is 0 Å².